The molecule has 0 radical (unpaired) electrons. The summed E-state index contributed by atoms with van der Waals surface area (Å²) in [5.41, 5.74) is 0.791. The number of carbonyl (C=O) groups excluding carboxylic acids is 1. The SMILES string of the molecule is Cc1cc(C)cc(/C(C#N)=C(\NC(=O)c2ccccc2C(F)(F)F)C(C)(C)C)c1. The third-order valence-electron chi connectivity index (χ3n) is 4.34. The van der Waals surface area contributed by atoms with Gasteiger partial charge in [0.2, 0.25) is 0 Å². The molecule has 0 unspecified atom stereocenters. The minimum Gasteiger partial charge on any atom is -0.324 e. The summed E-state index contributed by atoms with van der Waals surface area (Å²) < 4.78 is 39.9. The van der Waals surface area contributed by atoms with E-state index in [0.29, 0.717) is 5.56 Å². The van der Waals surface area contributed by atoms with E-state index in [1.807, 2.05) is 32.0 Å². The fourth-order valence-electron chi connectivity index (χ4n) is 3.12. The number of nitriles is 1. The number of nitrogens with zero attached hydrogens (tertiary/aromatic N) is 1. The molecular formula is C23H23F3N2O. The molecule has 0 spiro atoms. The molecule has 0 bridgehead atoms. The van der Waals surface area contributed by atoms with E-state index in [4.69, 9.17) is 0 Å². The summed E-state index contributed by atoms with van der Waals surface area (Å²) in [6, 6.07) is 12.3. The van der Waals surface area contributed by atoms with Crippen molar-refractivity contribution in [3.63, 3.8) is 0 Å². The summed E-state index contributed by atoms with van der Waals surface area (Å²) in [6.45, 7) is 9.15. The number of hydrogen-bond acceptors (Lipinski definition) is 2. The van der Waals surface area contributed by atoms with Gasteiger partial charge in [0.1, 0.15) is 6.07 Å². The Balaban J connectivity index is 2.62. The van der Waals surface area contributed by atoms with Crippen LogP contribution in [0, 0.1) is 30.6 Å². The average Bonchev–Trinajstić information content (AvgIpc) is 2.59. The largest absolute Gasteiger partial charge is 0.417 e. The molecule has 0 fully saturated rings. The molecule has 0 saturated heterocycles. The maximum atomic E-state index is 13.3. The van der Waals surface area contributed by atoms with Crippen molar-refractivity contribution in [2.45, 2.75) is 40.8 Å². The predicted octanol–water partition coefficient (Wildman–Crippen LogP) is 6.03. The lowest BCUT2D eigenvalue weighted by Gasteiger charge is -2.26. The lowest BCUT2D eigenvalue weighted by atomic mass is 9.86. The molecule has 0 atom stereocenters. The number of carbonyl (C=O) groups is 1. The van der Waals surface area contributed by atoms with Gasteiger partial charge in [-0.3, -0.25) is 4.79 Å². The highest BCUT2D eigenvalue weighted by molar-refractivity contribution is 5.98. The normalized spacial score (nSPS) is 12.8. The highest BCUT2D eigenvalue weighted by atomic mass is 19.4. The number of aryl methyl sites for hydroxylation is 2. The van der Waals surface area contributed by atoms with E-state index in [-0.39, 0.29) is 11.3 Å². The van der Waals surface area contributed by atoms with Crippen molar-refractivity contribution in [2.75, 3.05) is 0 Å². The fourth-order valence-corrected chi connectivity index (χ4v) is 3.12. The van der Waals surface area contributed by atoms with E-state index < -0.39 is 28.6 Å². The highest BCUT2D eigenvalue weighted by Gasteiger charge is 2.35. The van der Waals surface area contributed by atoms with E-state index in [0.717, 1.165) is 23.3 Å². The Kier molecular flexibility index (Phi) is 6.22. The van der Waals surface area contributed by atoms with Crippen LogP contribution in [-0.4, -0.2) is 5.91 Å². The number of hydrogen-bond donors (Lipinski definition) is 1. The van der Waals surface area contributed by atoms with Crippen LogP contribution in [-0.2, 0) is 6.18 Å². The third kappa shape index (κ3) is 5.26. The second kappa shape index (κ2) is 8.12. The number of benzene rings is 2. The van der Waals surface area contributed by atoms with Crippen LogP contribution >= 0.6 is 0 Å². The molecule has 0 aliphatic carbocycles. The number of halogens is 3. The van der Waals surface area contributed by atoms with Gasteiger partial charge >= 0.3 is 6.18 Å². The molecule has 0 saturated carbocycles. The van der Waals surface area contributed by atoms with Crippen LogP contribution in [0.2, 0.25) is 0 Å². The smallest absolute Gasteiger partial charge is 0.324 e. The van der Waals surface area contributed by atoms with E-state index in [9.17, 15) is 23.2 Å². The van der Waals surface area contributed by atoms with E-state index in [2.05, 4.69) is 11.4 Å². The highest BCUT2D eigenvalue weighted by Crippen LogP contribution is 2.34. The van der Waals surface area contributed by atoms with Gasteiger partial charge in [0, 0.05) is 11.1 Å². The lowest BCUT2D eigenvalue weighted by Crippen LogP contribution is -2.32. The minimum absolute atomic E-state index is 0.224. The van der Waals surface area contributed by atoms with Gasteiger partial charge in [-0.2, -0.15) is 18.4 Å². The molecule has 0 heterocycles. The zero-order valence-electron chi connectivity index (χ0n) is 17.0. The Morgan fingerprint density at radius 2 is 1.55 bits per heavy atom. The van der Waals surface area contributed by atoms with Crippen molar-refractivity contribution in [1.29, 1.82) is 5.26 Å². The van der Waals surface area contributed by atoms with Crippen LogP contribution in [0.5, 0.6) is 0 Å². The minimum atomic E-state index is -4.66. The van der Waals surface area contributed by atoms with Crippen molar-refractivity contribution in [1.82, 2.24) is 5.32 Å². The summed E-state index contributed by atoms with van der Waals surface area (Å²) in [7, 11) is 0. The summed E-state index contributed by atoms with van der Waals surface area (Å²) in [5.74, 6) is -0.903. The summed E-state index contributed by atoms with van der Waals surface area (Å²) >= 11 is 0. The van der Waals surface area contributed by atoms with Crippen LogP contribution in [0.15, 0.2) is 48.2 Å². The number of nitrogens with one attached hydrogen (secondary N) is 1. The second-order valence-corrected chi connectivity index (χ2v) is 7.99. The molecule has 2 aromatic carbocycles. The molecule has 152 valence electrons. The van der Waals surface area contributed by atoms with Crippen molar-refractivity contribution in [3.8, 4) is 6.07 Å². The zero-order valence-corrected chi connectivity index (χ0v) is 17.0. The first kappa shape index (κ1) is 22.2. The Labute approximate surface area is 168 Å². The Bertz CT molecular complexity index is 986. The summed E-state index contributed by atoms with van der Waals surface area (Å²) in [6.07, 6.45) is -4.66. The van der Waals surface area contributed by atoms with Gasteiger partial charge in [-0.25, -0.2) is 0 Å². The molecule has 0 aliphatic heterocycles. The van der Waals surface area contributed by atoms with Gasteiger partial charge in [-0.05, 0) is 31.5 Å². The molecule has 3 nitrogen and oxygen atoms in total. The van der Waals surface area contributed by atoms with Gasteiger partial charge in [-0.15, -0.1) is 0 Å². The molecule has 1 N–H and O–H groups in total. The van der Waals surface area contributed by atoms with E-state index in [1.54, 1.807) is 20.8 Å². The Hall–Kier alpha value is -3.07. The molecule has 1 amide bonds. The third-order valence-corrected chi connectivity index (χ3v) is 4.34. The Morgan fingerprint density at radius 3 is 2.03 bits per heavy atom. The molecular weight excluding hydrogens is 377 g/mol. The van der Waals surface area contributed by atoms with E-state index in [1.165, 1.54) is 12.1 Å². The quantitative estimate of drug-likeness (QED) is 0.639. The summed E-state index contributed by atoms with van der Waals surface area (Å²) in [5, 5.41) is 12.4. The van der Waals surface area contributed by atoms with Crippen molar-refractivity contribution < 1.29 is 18.0 Å². The monoisotopic (exact) mass is 400 g/mol. The standard InChI is InChI=1S/C23H23F3N2O/c1-14-10-15(2)12-16(11-14)18(13-27)20(22(3,4)5)28-21(29)17-8-6-7-9-19(17)23(24,25)26/h6-12H,1-5H3,(H,28,29)/b20-18-. The number of amides is 1. The van der Waals surface area contributed by atoms with Gasteiger partial charge in [0.25, 0.3) is 5.91 Å². The van der Waals surface area contributed by atoms with Crippen molar-refractivity contribution in [2.24, 2.45) is 5.41 Å². The maximum absolute atomic E-state index is 13.3. The lowest BCUT2D eigenvalue weighted by molar-refractivity contribution is -0.137. The molecule has 6 heteroatoms. The molecule has 0 aliphatic rings. The van der Waals surface area contributed by atoms with Crippen LogP contribution in [0.3, 0.4) is 0 Å². The summed E-state index contributed by atoms with van der Waals surface area (Å²) in [4.78, 5) is 12.8. The number of rotatable bonds is 3. The van der Waals surface area contributed by atoms with Crippen LogP contribution in [0.4, 0.5) is 13.2 Å². The van der Waals surface area contributed by atoms with Crippen LogP contribution in [0.1, 0.15) is 53.4 Å². The number of allylic oxidation sites excluding steroid dienone is 2. The van der Waals surface area contributed by atoms with Crippen LogP contribution < -0.4 is 5.32 Å². The molecule has 2 aromatic rings. The van der Waals surface area contributed by atoms with Crippen molar-refractivity contribution >= 4 is 11.5 Å². The molecule has 29 heavy (non-hydrogen) atoms. The fraction of sp³-hybridized carbons (Fsp3) is 0.304. The average molecular weight is 400 g/mol. The predicted molar refractivity (Wildman–Crippen MR) is 107 cm³/mol. The first-order valence-corrected chi connectivity index (χ1v) is 9.05. The Morgan fingerprint density at radius 1 is 1.00 bits per heavy atom. The van der Waals surface area contributed by atoms with Gasteiger partial charge in [0.05, 0.1) is 16.7 Å². The first-order valence-electron chi connectivity index (χ1n) is 9.05. The van der Waals surface area contributed by atoms with E-state index >= 15 is 0 Å². The zero-order chi connectivity index (χ0) is 22.0. The second-order valence-electron chi connectivity index (χ2n) is 7.99. The number of alkyl halides is 3. The van der Waals surface area contributed by atoms with Gasteiger partial charge in [0.15, 0.2) is 0 Å². The van der Waals surface area contributed by atoms with Crippen LogP contribution in [0.25, 0.3) is 5.57 Å². The van der Waals surface area contributed by atoms with Gasteiger partial charge < -0.3 is 5.32 Å². The molecule has 2 rings (SSSR count). The maximum Gasteiger partial charge on any atom is 0.417 e. The topological polar surface area (TPSA) is 52.9 Å². The first-order chi connectivity index (χ1) is 13.3. The molecule has 0 aromatic heterocycles. The van der Waals surface area contributed by atoms with Gasteiger partial charge in [-0.1, -0.05) is 62.2 Å². The van der Waals surface area contributed by atoms with Crippen molar-refractivity contribution in [3.05, 3.63) is 76.0 Å².